The van der Waals surface area contributed by atoms with E-state index in [-0.39, 0.29) is 5.71 Å². The van der Waals surface area contributed by atoms with E-state index in [0.717, 1.165) is 5.56 Å². The Morgan fingerprint density at radius 2 is 2.14 bits per heavy atom. The Hall–Kier alpha value is -1.16. The molecule has 0 bridgehead atoms. The van der Waals surface area contributed by atoms with Gasteiger partial charge in [-0.25, -0.2) is 4.79 Å². The Morgan fingerprint density at radius 1 is 1.50 bits per heavy atom. The van der Waals surface area contributed by atoms with Crippen molar-refractivity contribution in [3.63, 3.8) is 0 Å². The molecular formula is C10H10BrNO2. The zero-order chi connectivity index (χ0) is 10.6. The molecule has 1 aromatic carbocycles. The van der Waals surface area contributed by atoms with Crippen molar-refractivity contribution < 1.29 is 9.53 Å². The standard InChI is InChI=1S/C10H10BrNO2/c1-14-10(13)9(12)8-5-3-2-4-7(8)6-11/h2-5,12H,6H2,1H3. The number of ether oxygens (including phenoxy) is 1. The van der Waals surface area contributed by atoms with E-state index in [4.69, 9.17) is 5.41 Å². The second-order valence-electron chi connectivity index (χ2n) is 2.66. The van der Waals surface area contributed by atoms with E-state index >= 15 is 0 Å². The summed E-state index contributed by atoms with van der Waals surface area (Å²) in [6, 6.07) is 7.25. The summed E-state index contributed by atoms with van der Waals surface area (Å²) in [6.07, 6.45) is 0. The first-order valence-electron chi connectivity index (χ1n) is 4.01. The lowest BCUT2D eigenvalue weighted by Gasteiger charge is -2.06. The van der Waals surface area contributed by atoms with Crippen molar-refractivity contribution in [2.45, 2.75) is 5.33 Å². The Bertz CT molecular complexity index is 363. The fourth-order valence-corrected chi connectivity index (χ4v) is 1.58. The zero-order valence-electron chi connectivity index (χ0n) is 7.71. The number of hydrogen-bond acceptors (Lipinski definition) is 3. The van der Waals surface area contributed by atoms with Crippen LogP contribution in [0.3, 0.4) is 0 Å². The van der Waals surface area contributed by atoms with Crippen LogP contribution in [0.2, 0.25) is 0 Å². The molecule has 1 N–H and O–H groups in total. The third kappa shape index (κ3) is 2.20. The monoisotopic (exact) mass is 255 g/mol. The maximum Gasteiger partial charge on any atom is 0.356 e. The maximum absolute atomic E-state index is 11.1. The molecule has 0 aliphatic heterocycles. The van der Waals surface area contributed by atoms with Gasteiger partial charge in [0.15, 0.2) is 0 Å². The van der Waals surface area contributed by atoms with Crippen molar-refractivity contribution in [3.05, 3.63) is 35.4 Å². The van der Waals surface area contributed by atoms with E-state index in [1.165, 1.54) is 7.11 Å². The molecule has 0 atom stereocenters. The van der Waals surface area contributed by atoms with Gasteiger partial charge < -0.3 is 4.74 Å². The number of esters is 1. The number of methoxy groups -OCH3 is 1. The smallest absolute Gasteiger partial charge is 0.356 e. The van der Waals surface area contributed by atoms with E-state index in [1.54, 1.807) is 12.1 Å². The third-order valence-electron chi connectivity index (χ3n) is 1.82. The maximum atomic E-state index is 11.1. The van der Waals surface area contributed by atoms with E-state index in [2.05, 4.69) is 20.7 Å². The Labute approximate surface area is 90.7 Å². The number of carbonyl (C=O) groups excluding carboxylic acids is 1. The minimum absolute atomic E-state index is 0.109. The molecule has 74 valence electrons. The molecule has 0 saturated carbocycles. The lowest BCUT2D eigenvalue weighted by molar-refractivity contribution is -0.132. The summed E-state index contributed by atoms with van der Waals surface area (Å²) in [5, 5.41) is 8.20. The minimum Gasteiger partial charge on any atom is -0.464 e. The molecule has 0 heterocycles. The molecule has 0 unspecified atom stereocenters. The van der Waals surface area contributed by atoms with Crippen molar-refractivity contribution in [2.24, 2.45) is 0 Å². The average Bonchev–Trinajstić information content (AvgIpc) is 2.26. The molecule has 14 heavy (non-hydrogen) atoms. The zero-order valence-corrected chi connectivity index (χ0v) is 9.30. The molecule has 0 aliphatic rings. The van der Waals surface area contributed by atoms with Crippen molar-refractivity contribution in [1.29, 1.82) is 5.41 Å². The van der Waals surface area contributed by atoms with Crippen LogP contribution in [0.1, 0.15) is 11.1 Å². The fraction of sp³-hybridized carbons (Fsp3) is 0.200. The van der Waals surface area contributed by atoms with E-state index in [1.807, 2.05) is 12.1 Å². The molecule has 0 radical (unpaired) electrons. The summed E-state index contributed by atoms with van der Waals surface area (Å²) in [6.45, 7) is 0. The van der Waals surface area contributed by atoms with Crippen molar-refractivity contribution >= 4 is 27.6 Å². The van der Waals surface area contributed by atoms with Gasteiger partial charge >= 0.3 is 5.97 Å². The van der Waals surface area contributed by atoms with Gasteiger partial charge in [-0.3, -0.25) is 5.41 Å². The second-order valence-corrected chi connectivity index (χ2v) is 3.22. The Morgan fingerprint density at radius 3 is 2.71 bits per heavy atom. The predicted molar refractivity (Wildman–Crippen MR) is 57.9 cm³/mol. The largest absolute Gasteiger partial charge is 0.464 e. The van der Waals surface area contributed by atoms with Crippen LogP contribution in [0.4, 0.5) is 0 Å². The highest BCUT2D eigenvalue weighted by Gasteiger charge is 2.14. The summed E-state index contributed by atoms with van der Waals surface area (Å²) < 4.78 is 4.49. The summed E-state index contributed by atoms with van der Waals surface area (Å²) in [5.74, 6) is -0.613. The number of rotatable bonds is 3. The van der Waals surface area contributed by atoms with Gasteiger partial charge in [0.2, 0.25) is 0 Å². The van der Waals surface area contributed by atoms with E-state index in [9.17, 15) is 4.79 Å². The second kappa shape index (κ2) is 4.91. The summed E-state index contributed by atoms with van der Waals surface area (Å²) in [4.78, 5) is 11.1. The van der Waals surface area contributed by atoms with E-state index < -0.39 is 5.97 Å². The summed E-state index contributed by atoms with van der Waals surface area (Å²) in [7, 11) is 1.27. The number of carbonyl (C=O) groups is 1. The van der Waals surface area contributed by atoms with Gasteiger partial charge in [0, 0.05) is 10.9 Å². The van der Waals surface area contributed by atoms with Crippen LogP contribution in [0, 0.1) is 5.41 Å². The highest BCUT2D eigenvalue weighted by Crippen LogP contribution is 2.13. The van der Waals surface area contributed by atoms with Crippen molar-refractivity contribution in [3.8, 4) is 0 Å². The number of halogens is 1. The topological polar surface area (TPSA) is 50.2 Å². The molecule has 0 aromatic heterocycles. The Balaban J connectivity index is 3.06. The van der Waals surface area contributed by atoms with Gasteiger partial charge in [-0.15, -0.1) is 0 Å². The number of benzene rings is 1. The number of nitrogens with one attached hydrogen (secondary N) is 1. The quantitative estimate of drug-likeness (QED) is 0.511. The number of hydrogen-bond donors (Lipinski definition) is 1. The third-order valence-corrected chi connectivity index (χ3v) is 2.42. The molecule has 4 heteroatoms. The molecule has 3 nitrogen and oxygen atoms in total. The molecule has 0 saturated heterocycles. The van der Waals surface area contributed by atoms with Gasteiger partial charge in [0.1, 0.15) is 5.71 Å². The van der Waals surface area contributed by atoms with Gasteiger partial charge in [-0.2, -0.15) is 0 Å². The fourth-order valence-electron chi connectivity index (χ4n) is 1.09. The molecule has 0 amide bonds. The van der Waals surface area contributed by atoms with Crippen LogP contribution in [0.5, 0.6) is 0 Å². The van der Waals surface area contributed by atoms with Crippen molar-refractivity contribution in [1.82, 2.24) is 0 Å². The van der Waals surface area contributed by atoms with E-state index in [0.29, 0.717) is 10.9 Å². The van der Waals surface area contributed by atoms with Crippen LogP contribution in [0.25, 0.3) is 0 Å². The van der Waals surface area contributed by atoms with Crippen LogP contribution in [-0.4, -0.2) is 18.8 Å². The van der Waals surface area contributed by atoms with Crippen LogP contribution >= 0.6 is 15.9 Å². The molecule has 0 spiro atoms. The van der Waals surface area contributed by atoms with Crippen LogP contribution in [0.15, 0.2) is 24.3 Å². The SMILES string of the molecule is COC(=O)C(=N)c1ccccc1CBr. The van der Waals surface area contributed by atoms with Crippen LogP contribution < -0.4 is 0 Å². The van der Waals surface area contributed by atoms with Gasteiger partial charge in [0.05, 0.1) is 7.11 Å². The van der Waals surface area contributed by atoms with Gasteiger partial charge in [-0.1, -0.05) is 40.2 Å². The summed E-state index contributed by atoms with van der Waals surface area (Å²) >= 11 is 3.30. The summed E-state index contributed by atoms with van der Waals surface area (Å²) in [5.41, 5.74) is 1.40. The molecular weight excluding hydrogens is 246 g/mol. The first kappa shape index (κ1) is 10.9. The highest BCUT2D eigenvalue weighted by molar-refractivity contribution is 9.08. The molecule has 1 aromatic rings. The van der Waals surface area contributed by atoms with Crippen molar-refractivity contribution in [2.75, 3.05) is 7.11 Å². The minimum atomic E-state index is -0.613. The predicted octanol–water partition coefficient (Wildman–Crippen LogP) is 2.12. The number of alkyl halides is 1. The molecule has 0 fully saturated rings. The van der Waals surface area contributed by atoms with Crippen LogP contribution in [-0.2, 0) is 14.9 Å². The lowest BCUT2D eigenvalue weighted by atomic mass is 10.0. The Kier molecular flexibility index (Phi) is 3.83. The average molecular weight is 256 g/mol. The highest BCUT2D eigenvalue weighted by atomic mass is 79.9. The first-order valence-corrected chi connectivity index (χ1v) is 5.14. The molecule has 0 aliphatic carbocycles. The lowest BCUT2D eigenvalue weighted by Crippen LogP contribution is -2.17. The molecule has 1 rings (SSSR count). The van der Waals surface area contributed by atoms with Gasteiger partial charge in [-0.05, 0) is 5.56 Å². The van der Waals surface area contributed by atoms with Gasteiger partial charge in [0.25, 0.3) is 0 Å². The first-order chi connectivity index (χ1) is 6.70. The normalized spacial score (nSPS) is 9.57.